The van der Waals surface area contributed by atoms with E-state index in [0.717, 1.165) is 5.56 Å². The van der Waals surface area contributed by atoms with Crippen molar-refractivity contribution in [2.75, 3.05) is 21.3 Å². The van der Waals surface area contributed by atoms with Gasteiger partial charge in [0.15, 0.2) is 6.29 Å². The Balaban J connectivity index is 2.82. The molecule has 0 saturated carbocycles. The Kier molecular flexibility index (Phi) is 5.80. The molecule has 1 unspecified atom stereocenters. The molecule has 0 bridgehead atoms. The molecule has 4 nitrogen and oxygen atoms in total. The largest absolute Gasteiger partial charge is 0.502 e. The van der Waals surface area contributed by atoms with E-state index in [-0.39, 0.29) is 0 Å². The minimum atomic E-state index is -2.61. The first-order chi connectivity index (χ1) is 8.21. The SMILES string of the molecule is CC[Si](OC)(OC)OC(OC)c1ccccc1. The number of ether oxygens (including phenoxy) is 1. The summed E-state index contributed by atoms with van der Waals surface area (Å²) in [5.74, 6) is 0. The molecule has 96 valence electrons. The van der Waals surface area contributed by atoms with Gasteiger partial charge in [0, 0.05) is 32.9 Å². The highest BCUT2D eigenvalue weighted by molar-refractivity contribution is 6.60. The van der Waals surface area contributed by atoms with Gasteiger partial charge in [-0.1, -0.05) is 37.3 Å². The third-order valence-corrected chi connectivity index (χ3v) is 5.31. The lowest BCUT2D eigenvalue weighted by atomic mass is 10.2. The average molecular weight is 256 g/mol. The Morgan fingerprint density at radius 2 is 1.65 bits per heavy atom. The van der Waals surface area contributed by atoms with Crippen LogP contribution in [0.4, 0.5) is 0 Å². The Bertz CT molecular complexity index is 305. The lowest BCUT2D eigenvalue weighted by Gasteiger charge is -2.29. The van der Waals surface area contributed by atoms with Gasteiger partial charge in [-0.05, 0) is 0 Å². The summed E-state index contributed by atoms with van der Waals surface area (Å²) in [6.45, 7) is 1.98. The molecule has 0 aliphatic heterocycles. The molecular formula is C12H20O4Si. The van der Waals surface area contributed by atoms with Crippen molar-refractivity contribution < 1.29 is 18.0 Å². The van der Waals surface area contributed by atoms with Crippen molar-refractivity contribution in [2.24, 2.45) is 0 Å². The Labute approximate surface area is 104 Å². The summed E-state index contributed by atoms with van der Waals surface area (Å²) in [4.78, 5) is 0. The highest BCUT2D eigenvalue weighted by Gasteiger charge is 2.40. The topological polar surface area (TPSA) is 36.9 Å². The second kappa shape index (κ2) is 6.88. The van der Waals surface area contributed by atoms with Gasteiger partial charge in [0.05, 0.1) is 0 Å². The van der Waals surface area contributed by atoms with E-state index in [2.05, 4.69) is 0 Å². The van der Waals surface area contributed by atoms with Gasteiger partial charge in [0.2, 0.25) is 0 Å². The summed E-state index contributed by atoms with van der Waals surface area (Å²) in [7, 11) is 2.22. The minimum Gasteiger partial charge on any atom is -0.377 e. The maximum atomic E-state index is 5.89. The van der Waals surface area contributed by atoms with Gasteiger partial charge in [0.1, 0.15) is 0 Å². The summed E-state index contributed by atoms with van der Waals surface area (Å²) >= 11 is 0. The number of methoxy groups -OCH3 is 1. The quantitative estimate of drug-likeness (QED) is 0.555. The minimum absolute atomic E-state index is 0.456. The van der Waals surface area contributed by atoms with Gasteiger partial charge in [-0.25, -0.2) is 0 Å². The zero-order chi connectivity index (χ0) is 12.7. The molecule has 0 aliphatic carbocycles. The van der Waals surface area contributed by atoms with Crippen molar-refractivity contribution in [3.05, 3.63) is 35.9 Å². The highest BCUT2D eigenvalue weighted by atomic mass is 28.4. The molecule has 1 atom stereocenters. The molecule has 0 fully saturated rings. The molecule has 0 saturated heterocycles. The maximum absolute atomic E-state index is 5.89. The van der Waals surface area contributed by atoms with Crippen molar-refractivity contribution in [1.82, 2.24) is 0 Å². The number of benzene rings is 1. The van der Waals surface area contributed by atoms with Crippen molar-refractivity contribution in [1.29, 1.82) is 0 Å². The van der Waals surface area contributed by atoms with Crippen molar-refractivity contribution in [3.8, 4) is 0 Å². The monoisotopic (exact) mass is 256 g/mol. The molecule has 17 heavy (non-hydrogen) atoms. The molecule has 1 aromatic carbocycles. The van der Waals surface area contributed by atoms with E-state index in [1.165, 1.54) is 0 Å². The zero-order valence-electron chi connectivity index (χ0n) is 10.8. The predicted octanol–water partition coefficient (Wildman–Crippen LogP) is 2.60. The summed E-state index contributed by atoms with van der Waals surface area (Å²) in [6.07, 6.45) is -0.456. The number of hydrogen-bond donors (Lipinski definition) is 0. The molecule has 0 heterocycles. The maximum Gasteiger partial charge on any atom is 0.502 e. The van der Waals surface area contributed by atoms with E-state index in [0.29, 0.717) is 6.04 Å². The van der Waals surface area contributed by atoms with Crippen molar-refractivity contribution in [3.63, 3.8) is 0 Å². The van der Waals surface area contributed by atoms with Gasteiger partial charge in [-0.3, -0.25) is 0 Å². The van der Waals surface area contributed by atoms with E-state index < -0.39 is 15.1 Å². The second-order valence-corrected chi connectivity index (χ2v) is 6.67. The molecule has 1 rings (SSSR count). The van der Waals surface area contributed by atoms with Crippen molar-refractivity contribution in [2.45, 2.75) is 19.3 Å². The Morgan fingerprint density at radius 3 is 2.06 bits per heavy atom. The summed E-state index contributed by atoms with van der Waals surface area (Å²) in [6, 6.07) is 10.4. The van der Waals surface area contributed by atoms with Crippen LogP contribution in [0, 0.1) is 0 Å². The van der Waals surface area contributed by atoms with Gasteiger partial charge in [0.25, 0.3) is 0 Å². The van der Waals surface area contributed by atoms with E-state index in [9.17, 15) is 0 Å². The van der Waals surface area contributed by atoms with Gasteiger partial charge < -0.3 is 18.0 Å². The predicted molar refractivity (Wildman–Crippen MR) is 67.5 cm³/mol. The number of rotatable bonds is 7. The zero-order valence-corrected chi connectivity index (χ0v) is 11.8. The Morgan fingerprint density at radius 1 is 1.06 bits per heavy atom. The van der Waals surface area contributed by atoms with Crippen LogP contribution < -0.4 is 0 Å². The average Bonchev–Trinajstić information content (AvgIpc) is 2.42. The molecule has 1 aromatic rings. The normalized spacial score (nSPS) is 13.6. The first kappa shape index (κ1) is 14.3. The van der Waals surface area contributed by atoms with Crippen LogP contribution >= 0.6 is 0 Å². The fourth-order valence-electron chi connectivity index (χ4n) is 1.58. The standard InChI is InChI=1S/C12H20O4Si/c1-5-17(14-3,15-4)16-12(13-2)11-9-7-6-8-10-11/h6-10,12H,5H2,1-4H3. The Hall–Kier alpha value is -0.723. The first-order valence-electron chi connectivity index (χ1n) is 5.57. The smallest absolute Gasteiger partial charge is 0.377 e. The van der Waals surface area contributed by atoms with Crippen LogP contribution in [0.2, 0.25) is 6.04 Å². The third kappa shape index (κ3) is 3.62. The fraction of sp³-hybridized carbons (Fsp3) is 0.500. The second-order valence-electron chi connectivity index (χ2n) is 3.54. The molecular weight excluding hydrogens is 236 g/mol. The van der Waals surface area contributed by atoms with Crippen LogP contribution in [0.25, 0.3) is 0 Å². The van der Waals surface area contributed by atoms with E-state index in [1.54, 1.807) is 21.3 Å². The molecule has 0 spiro atoms. The van der Waals surface area contributed by atoms with Gasteiger partial charge in [-0.2, -0.15) is 0 Å². The molecule has 0 radical (unpaired) electrons. The highest BCUT2D eigenvalue weighted by Crippen LogP contribution is 2.25. The van der Waals surface area contributed by atoms with Crippen LogP contribution in [0.1, 0.15) is 18.8 Å². The van der Waals surface area contributed by atoms with E-state index in [4.69, 9.17) is 18.0 Å². The number of hydrogen-bond acceptors (Lipinski definition) is 4. The van der Waals surface area contributed by atoms with Gasteiger partial charge in [-0.15, -0.1) is 0 Å². The van der Waals surface area contributed by atoms with Crippen LogP contribution in [0.15, 0.2) is 30.3 Å². The molecule has 0 aromatic heterocycles. The molecule has 0 aliphatic rings. The fourth-order valence-corrected chi connectivity index (χ4v) is 3.24. The van der Waals surface area contributed by atoms with Crippen LogP contribution in [-0.2, 0) is 18.0 Å². The summed E-state index contributed by atoms with van der Waals surface area (Å²) in [5.41, 5.74) is 0.953. The third-order valence-electron chi connectivity index (χ3n) is 2.63. The van der Waals surface area contributed by atoms with Crippen molar-refractivity contribution >= 4 is 8.80 Å². The van der Waals surface area contributed by atoms with E-state index >= 15 is 0 Å². The molecule has 0 N–H and O–H groups in total. The summed E-state index contributed by atoms with van der Waals surface area (Å²) in [5, 5.41) is 0. The van der Waals surface area contributed by atoms with Crippen LogP contribution in [0.5, 0.6) is 0 Å². The van der Waals surface area contributed by atoms with E-state index in [1.807, 2.05) is 37.3 Å². The van der Waals surface area contributed by atoms with Gasteiger partial charge >= 0.3 is 8.80 Å². The van der Waals surface area contributed by atoms with Crippen LogP contribution in [0.3, 0.4) is 0 Å². The molecule has 5 heteroatoms. The first-order valence-corrected chi connectivity index (χ1v) is 7.50. The van der Waals surface area contributed by atoms with Crippen LogP contribution in [-0.4, -0.2) is 30.1 Å². The lowest BCUT2D eigenvalue weighted by Crippen LogP contribution is -2.44. The lowest BCUT2D eigenvalue weighted by molar-refractivity contribution is -0.0981. The summed E-state index contributed by atoms with van der Waals surface area (Å²) < 4.78 is 22.1. The molecule has 0 amide bonds.